The SMILES string of the molecule is COc1cc2ncnc(Nc3cc(Cl)c(Oc4cccc(C#N)c4)cc3C(C)(C)O)c2cc1NC(=O)C=CCN(C)C. The van der Waals surface area contributed by atoms with Gasteiger partial charge in [-0.1, -0.05) is 23.7 Å². The van der Waals surface area contributed by atoms with Crippen LogP contribution in [0.15, 0.2) is 67.0 Å². The third kappa shape index (κ3) is 7.33. The third-order valence-electron chi connectivity index (χ3n) is 6.13. The summed E-state index contributed by atoms with van der Waals surface area (Å²) < 4.78 is 11.5. The summed E-state index contributed by atoms with van der Waals surface area (Å²) >= 11 is 6.62. The van der Waals surface area contributed by atoms with Gasteiger partial charge in [-0.2, -0.15) is 5.26 Å². The number of nitrogens with one attached hydrogen (secondary N) is 2. The molecule has 0 saturated carbocycles. The molecule has 42 heavy (non-hydrogen) atoms. The Balaban J connectivity index is 1.72. The summed E-state index contributed by atoms with van der Waals surface area (Å²) in [6.45, 7) is 3.90. The molecule has 0 unspecified atom stereocenters. The second-order valence-corrected chi connectivity index (χ2v) is 10.6. The number of nitrogens with zero attached hydrogens (tertiary/aromatic N) is 4. The van der Waals surface area contributed by atoms with Crippen LogP contribution in [-0.2, 0) is 10.4 Å². The van der Waals surface area contributed by atoms with E-state index in [1.807, 2.05) is 19.0 Å². The maximum absolute atomic E-state index is 12.6. The predicted octanol–water partition coefficient (Wildman–Crippen LogP) is 5.98. The highest BCUT2D eigenvalue weighted by Gasteiger charge is 2.24. The maximum Gasteiger partial charge on any atom is 0.248 e. The molecular formula is C31H31ClN6O4. The highest BCUT2D eigenvalue weighted by atomic mass is 35.5. The van der Waals surface area contributed by atoms with Crippen molar-refractivity contribution in [2.24, 2.45) is 0 Å². The molecule has 0 atom stereocenters. The van der Waals surface area contributed by atoms with Crippen LogP contribution in [0, 0.1) is 11.3 Å². The zero-order valence-electron chi connectivity index (χ0n) is 23.9. The zero-order valence-corrected chi connectivity index (χ0v) is 24.7. The number of aliphatic hydroxyl groups is 1. The van der Waals surface area contributed by atoms with E-state index in [-0.39, 0.29) is 10.9 Å². The highest BCUT2D eigenvalue weighted by Crippen LogP contribution is 2.41. The van der Waals surface area contributed by atoms with Crippen molar-refractivity contribution in [3.8, 4) is 23.3 Å². The fraction of sp³-hybridized carbons (Fsp3) is 0.226. The molecule has 0 saturated heterocycles. The smallest absolute Gasteiger partial charge is 0.248 e. The Morgan fingerprint density at radius 2 is 1.93 bits per heavy atom. The Bertz CT molecular complexity index is 1690. The summed E-state index contributed by atoms with van der Waals surface area (Å²) in [6, 6.07) is 15.5. The van der Waals surface area contributed by atoms with Crippen molar-refractivity contribution in [2.75, 3.05) is 38.4 Å². The fourth-order valence-electron chi connectivity index (χ4n) is 4.12. The first-order chi connectivity index (χ1) is 20.0. The molecule has 4 aromatic rings. The molecule has 4 rings (SSSR count). The molecule has 0 aliphatic rings. The molecule has 3 N–H and O–H groups in total. The Labute approximate surface area is 249 Å². The third-order valence-corrected chi connectivity index (χ3v) is 6.42. The number of amides is 1. The van der Waals surface area contributed by atoms with E-state index in [9.17, 15) is 15.2 Å². The second kappa shape index (κ2) is 12.9. The lowest BCUT2D eigenvalue weighted by Gasteiger charge is -2.24. The standard InChI is InChI=1S/C31H31ClN6O4/c1-31(2,40)22-14-27(42-20-9-6-8-19(12-20)17-33)23(32)15-25(22)37-30-21-13-26(36-29(39)10-7-11-38(3)4)28(41-5)16-24(21)34-18-35-30/h6-10,12-16,18,40H,11H2,1-5H3,(H,36,39)(H,34,35,37). The number of halogens is 1. The van der Waals surface area contributed by atoms with Gasteiger partial charge >= 0.3 is 0 Å². The van der Waals surface area contributed by atoms with Gasteiger partial charge in [-0.25, -0.2) is 9.97 Å². The van der Waals surface area contributed by atoms with Crippen LogP contribution in [0.5, 0.6) is 17.2 Å². The maximum atomic E-state index is 12.6. The molecular weight excluding hydrogens is 556 g/mol. The van der Waals surface area contributed by atoms with Gasteiger partial charge in [0.05, 0.1) is 40.6 Å². The van der Waals surface area contributed by atoms with Gasteiger partial charge in [0.1, 0.15) is 29.4 Å². The number of ether oxygens (including phenoxy) is 2. The highest BCUT2D eigenvalue weighted by molar-refractivity contribution is 6.32. The van der Waals surface area contributed by atoms with E-state index in [1.54, 1.807) is 68.5 Å². The van der Waals surface area contributed by atoms with Crippen LogP contribution >= 0.6 is 11.6 Å². The number of methoxy groups -OCH3 is 1. The number of hydrogen-bond acceptors (Lipinski definition) is 9. The van der Waals surface area contributed by atoms with E-state index >= 15 is 0 Å². The van der Waals surface area contributed by atoms with E-state index in [1.165, 1.54) is 19.5 Å². The van der Waals surface area contributed by atoms with Crippen molar-refractivity contribution >= 4 is 45.6 Å². The van der Waals surface area contributed by atoms with Crippen LogP contribution in [-0.4, -0.2) is 53.6 Å². The van der Waals surface area contributed by atoms with E-state index in [2.05, 4.69) is 26.7 Å². The van der Waals surface area contributed by atoms with Gasteiger partial charge < -0.3 is 30.1 Å². The average molecular weight is 587 g/mol. The fourth-order valence-corrected chi connectivity index (χ4v) is 4.32. The van der Waals surface area contributed by atoms with Crippen molar-refractivity contribution in [1.82, 2.24) is 14.9 Å². The number of fused-ring (bicyclic) bond motifs is 1. The van der Waals surface area contributed by atoms with Crippen molar-refractivity contribution < 1.29 is 19.4 Å². The van der Waals surface area contributed by atoms with E-state index in [0.29, 0.717) is 63.0 Å². The van der Waals surface area contributed by atoms with Crippen LogP contribution < -0.4 is 20.1 Å². The number of likely N-dealkylation sites (N-methyl/N-ethyl adjacent to an activating group) is 1. The molecule has 0 aliphatic carbocycles. The average Bonchev–Trinajstić information content (AvgIpc) is 2.93. The van der Waals surface area contributed by atoms with E-state index in [4.69, 9.17) is 21.1 Å². The van der Waals surface area contributed by atoms with E-state index in [0.717, 1.165) is 0 Å². The minimum absolute atomic E-state index is 0.269. The molecule has 1 heterocycles. The number of hydrogen-bond donors (Lipinski definition) is 3. The lowest BCUT2D eigenvalue weighted by molar-refractivity contribution is -0.111. The lowest BCUT2D eigenvalue weighted by atomic mass is 9.96. The molecule has 3 aromatic carbocycles. The first-order valence-electron chi connectivity index (χ1n) is 12.9. The predicted molar refractivity (Wildman–Crippen MR) is 164 cm³/mol. The molecule has 0 radical (unpaired) electrons. The summed E-state index contributed by atoms with van der Waals surface area (Å²) in [4.78, 5) is 23.3. The van der Waals surface area contributed by atoms with Gasteiger partial charge in [-0.05, 0) is 64.3 Å². The summed E-state index contributed by atoms with van der Waals surface area (Å²) in [5, 5.41) is 27.3. The number of nitriles is 1. The quantitative estimate of drug-likeness (QED) is 0.192. The molecule has 0 fully saturated rings. The largest absolute Gasteiger partial charge is 0.494 e. The number of benzene rings is 3. The minimum Gasteiger partial charge on any atom is -0.494 e. The molecule has 216 valence electrons. The molecule has 0 aliphatic heterocycles. The Morgan fingerprint density at radius 3 is 2.62 bits per heavy atom. The van der Waals surface area contributed by atoms with Crippen molar-refractivity contribution in [2.45, 2.75) is 19.4 Å². The number of carbonyl (C=O) groups excluding carboxylic acids is 1. The van der Waals surface area contributed by atoms with Gasteiger partial charge in [0, 0.05) is 35.3 Å². The molecule has 11 heteroatoms. The number of rotatable bonds is 10. The van der Waals surface area contributed by atoms with Crippen LogP contribution in [0.4, 0.5) is 17.2 Å². The number of anilines is 3. The molecule has 0 bridgehead atoms. The van der Waals surface area contributed by atoms with Crippen molar-refractivity contribution in [1.29, 1.82) is 5.26 Å². The lowest BCUT2D eigenvalue weighted by Crippen LogP contribution is -2.18. The number of aromatic nitrogens is 2. The van der Waals surface area contributed by atoms with Gasteiger partial charge in [0.2, 0.25) is 5.91 Å². The van der Waals surface area contributed by atoms with Crippen molar-refractivity contribution in [3.63, 3.8) is 0 Å². The zero-order chi connectivity index (χ0) is 30.4. The first kappa shape index (κ1) is 30.3. The Kier molecular flexibility index (Phi) is 9.28. The second-order valence-electron chi connectivity index (χ2n) is 10.2. The Morgan fingerprint density at radius 1 is 1.14 bits per heavy atom. The van der Waals surface area contributed by atoms with Gasteiger partial charge in [-0.15, -0.1) is 0 Å². The number of carbonyl (C=O) groups is 1. The molecule has 10 nitrogen and oxygen atoms in total. The molecule has 1 aromatic heterocycles. The Hall–Kier alpha value is -4.69. The van der Waals surface area contributed by atoms with Crippen LogP contribution in [0.2, 0.25) is 5.02 Å². The normalized spacial score (nSPS) is 11.5. The van der Waals surface area contributed by atoms with Crippen LogP contribution in [0.1, 0.15) is 25.0 Å². The van der Waals surface area contributed by atoms with Gasteiger partial charge in [-0.3, -0.25) is 4.79 Å². The molecule has 0 spiro atoms. The monoisotopic (exact) mass is 586 g/mol. The first-order valence-corrected chi connectivity index (χ1v) is 13.3. The van der Waals surface area contributed by atoms with Crippen molar-refractivity contribution in [3.05, 3.63) is 83.2 Å². The van der Waals surface area contributed by atoms with Gasteiger partial charge in [0.15, 0.2) is 0 Å². The van der Waals surface area contributed by atoms with Crippen LogP contribution in [0.3, 0.4) is 0 Å². The van der Waals surface area contributed by atoms with Gasteiger partial charge in [0.25, 0.3) is 0 Å². The summed E-state index contributed by atoms with van der Waals surface area (Å²) in [5.74, 6) is 1.27. The minimum atomic E-state index is -1.30. The van der Waals surface area contributed by atoms with E-state index < -0.39 is 5.60 Å². The summed E-state index contributed by atoms with van der Waals surface area (Å²) in [7, 11) is 5.33. The summed E-state index contributed by atoms with van der Waals surface area (Å²) in [5.41, 5.74) is 1.11. The summed E-state index contributed by atoms with van der Waals surface area (Å²) in [6.07, 6.45) is 4.62. The topological polar surface area (TPSA) is 133 Å². The molecule has 1 amide bonds. The van der Waals surface area contributed by atoms with Crippen LogP contribution in [0.25, 0.3) is 10.9 Å².